The van der Waals surface area contributed by atoms with Gasteiger partial charge in [0.2, 0.25) is 5.91 Å². The molecule has 1 saturated heterocycles. The Morgan fingerprint density at radius 2 is 1.88 bits per heavy atom. The minimum atomic E-state index is -1.03. The molecule has 1 aliphatic heterocycles. The highest BCUT2D eigenvalue weighted by Gasteiger charge is 2.36. The molecular formula is C19H23N3O2S. The first-order chi connectivity index (χ1) is 12.0. The second-order valence-corrected chi connectivity index (χ2v) is 7.40. The van der Waals surface area contributed by atoms with E-state index in [9.17, 15) is 9.59 Å². The van der Waals surface area contributed by atoms with E-state index in [0.29, 0.717) is 18.7 Å². The lowest BCUT2D eigenvalue weighted by Crippen LogP contribution is -2.55. The monoisotopic (exact) mass is 357 g/mol. The number of likely N-dealkylation sites (tertiary alicyclic amines) is 1. The number of rotatable bonds is 4. The molecule has 0 spiro atoms. The van der Waals surface area contributed by atoms with Crippen molar-refractivity contribution in [2.45, 2.75) is 31.3 Å². The molecule has 0 bridgehead atoms. The summed E-state index contributed by atoms with van der Waals surface area (Å²) < 4.78 is 0. The Hall–Kier alpha value is -2.18. The Bertz CT molecular complexity index is 720. The molecule has 0 aliphatic carbocycles. The highest BCUT2D eigenvalue weighted by molar-refractivity contribution is 7.08. The molecule has 5 nitrogen and oxygen atoms in total. The Morgan fingerprint density at radius 1 is 1.20 bits per heavy atom. The van der Waals surface area contributed by atoms with Gasteiger partial charge in [-0.15, -0.1) is 0 Å². The summed E-state index contributed by atoms with van der Waals surface area (Å²) in [5.41, 5.74) is 6.81. The van der Waals surface area contributed by atoms with Crippen LogP contribution in [0.25, 0.3) is 0 Å². The summed E-state index contributed by atoms with van der Waals surface area (Å²) in [6, 6.07) is 11.4. The van der Waals surface area contributed by atoms with Gasteiger partial charge in [-0.1, -0.05) is 30.3 Å². The highest BCUT2D eigenvalue weighted by atomic mass is 32.1. The first-order valence-electron chi connectivity index (χ1n) is 8.45. The van der Waals surface area contributed by atoms with Gasteiger partial charge < -0.3 is 16.0 Å². The molecule has 3 N–H and O–H groups in total. The lowest BCUT2D eigenvalue weighted by molar-refractivity contribution is -0.137. The van der Waals surface area contributed by atoms with Crippen molar-refractivity contribution < 1.29 is 9.59 Å². The van der Waals surface area contributed by atoms with E-state index in [1.165, 1.54) is 11.3 Å². The third-order valence-electron chi connectivity index (χ3n) is 4.72. The van der Waals surface area contributed by atoms with E-state index >= 15 is 0 Å². The molecule has 2 amide bonds. The zero-order chi connectivity index (χ0) is 17.9. The van der Waals surface area contributed by atoms with E-state index in [0.717, 1.165) is 18.4 Å². The summed E-state index contributed by atoms with van der Waals surface area (Å²) >= 11 is 1.51. The molecule has 0 saturated carbocycles. The molecule has 1 aromatic carbocycles. The Kier molecular flexibility index (Phi) is 5.20. The summed E-state index contributed by atoms with van der Waals surface area (Å²) in [4.78, 5) is 26.8. The van der Waals surface area contributed by atoms with Crippen LogP contribution in [-0.4, -0.2) is 35.8 Å². The van der Waals surface area contributed by atoms with Crippen LogP contribution in [0.3, 0.4) is 0 Å². The van der Waals surface area contributed by atoms with Gasteiger partial charge in [0.1, 0.15) is 5.54 Å². The molecule has 1 fully saturated rings. The van der Waals surface area contributed by atoms with Crippen molar-refractivity contribution in [2.75, 3.05) is 13.1 Å². The van der Waals surface area contributed by atoms with Crippen molar-refractivity contribution in [3.8, 4) is 0 Å². The molecule has 1 unspecified atom stereocenters. The van der Waals surface area contributed by atoms with Crippen molar-refractivity contribution >= 4 is 23.2 Å². The number of nitrogens with zero attached hydrogens (tertiary/aromatic N) is 1. The fourth-order valence-corrected chi connectivity index (χ4v) is 3.76. The van der Waals surface area contributed by atoms with Crippen LogP contribution in [0, 0.1) is 0 Å². The third-order valence-corrected chi connectivity index (χ3v) is 5.40. The normalized spacial score (nSPS) is 17.8. The average Bonchev–Trinajstić information content (AvgIpc) is 3.17. The van der Waals surface area contributed by atoms with E-state index in [1.54, 1.807) is 11.8 Å². The predicted molar refractivity (Wildman–Crippen MR) is 99.4 cm³/mol. The molecule has 2 heterocycles. The number of carbonyl (C=O) groups is 2. The van der Waals surface area contributed by atoms with E-state index in [2.05, 4.69) is 5.32 Å². The van der Waals surface area contributed by atoms with Crippen LogP contribution < -0.4 is 11.1 Å². The molecule has 1 atom stereocenters. The van der Waals surface area contributed by atoms with Crippen molar-refractivity contribution in [1.29, 1.82) is 0 Å². The molecule has 6 heteroatoms. The van der Waals surface area contributed by atoms with Gasteiger partial charge >= 0.3 is 0 Å². The van der Waals surface area contributed by atoms with Gasteiger partial charge in [0.05, 0.1) is 0 Å². The maximum absolute atomic E-state index is 12.9. The molecule has 25 heavy (non-hydrogen) atoms. The number of nitrogens with one attached hydrogen (secondary N) is 1. The second kappa shape index (κ2) is 7.37. The van der Waals surface area contributed by atoms with Gasteiger partial charge in [-0.3, -0.25) is 9.59 Å². The minimum Gasteiger partial charge on any atom is -0.349 e. The number of thiophene rings is 1. The van der Waals surface area contributed by atoms with Gasteiger partial charge in [0.15, 0.2) is 0 Å². The van der Waals surface area contributed by atoms with Gasteiger partial charge in [-0.25, -0.2) is 0 Å². The Morgan fingerprint density at radius 3 is 2.48 bits per heavy atom. The molecule has 1 aromatic heterocycles. The molecular weight excluding hydrogens is 334 g/mol. The third kappa shape index (κ3) is 3.91. The van der Waals surface area contributed by atoms with Crippen molar-refractivity contribution in [2.24, 2.45) is 5.73 Å². The standard InChI is InChI=1S/C19H23N3O2S/c1-19(20,15-5-3-2-4-6-15)18(24)22-10-7-16(8-11-22)21-17(23)14-9-12-25-13-14/h2-6,9,12-13,16H,7-8,10-11,20H2,1H3,(H,21,23). The molecule has 0 radical (unpaired) electrons. The molecule has 132 valence electrons. The lowest BCUT2D eigenvalue weighted by atomic mass is 9.90. The SMILES string of the molecule is CC(N)(C(=O)N1CCC(NC(=O)c2ccsc2)CC1)c1ccccc1. The van der Waals surface area contributed by atoms with Gasteiger partial charge in [-0.2, -0.15) is 11.3 Å². The lowest BCUT2D eigenvalue weighted by Gasteiger charge is -2.37. The summed E-state index contributed by atoms with van der Waals surface area (Å²) in [6.45, 7) is 2.97. The second-order valence-electron chi connectivity index (χ2n) is 6.62. The number of benzene rings is 1. The number of nitrogens with two attached hydrogens (primary N) is 1. The van der Waals surface area contributed by atoms with Crippen LogP contribution in [0.2, 0.25) is 0 Å². The van der Waals surface area contributed by atoms with Crippen LogP contribution >= 0.6 is 11.3 Å². The quantitative estimate of drug-likeness (QED) is 0.882. The Labute approximate surface area is 151 Å². The fourth-order valence-electron chi connectivity index (χ4n) is 3.13. The maximum atomic E-state index is 12.9. The zero-order valence-electron chi connectivity index (χ0n) is 14.3. The van der Waals surface area contributed by atoms with E-state index in [1.807, 2.05) is 47.2 Å². The number of amides is 2. The van der Waals surface area contributed by atoms with Gasteiger partial charge in [0, 0.05) is 30.1 Å². The zero-order valence-corrected chi connectivity index (χ0v) is 15.1. The van der Waals surface area contributed by atoms with Gasteiger partial charge in [-0.05, 0) is 36.8 Å². The van der Waals surface area contributed by atoms with E-state index in [4.69, 9.17) is 5.73 Å². The summed E-state index contributed by atoms with van der Waals surface area (Å²) in [6.07, 6.45) is 1.49. The smallest absolute Gasteiger partial charge is 0.252 e. The average molecular weight is 357 g/mol. The number of piperidine rings is 1. The molecule has 3 rings (SSSR count). The predicted octanol–water partition coefficient (Wildman–Crippen LogP) is 2.34. The Balaban J connectivity index is 1.57. The maximum Gasteiger partial charge on any atom is 0.252 e. The van der Waals surface area contributed by atoms with Crippen molar-refractivity contribution in [3.63, 3.8) is 0 Å². The molecule has 2 aromatic rings. The van der Waals surface area contributed by atoms with Crippen LogP contribution in [-0.2, 0) is 10.3 Å². The van der Waals surface area contributed by atoms with Crippen LogP contribution in [0.1, 0.15) is 35.7 Å². The minimum absolute atomic E-state index is 0.0426. The number of hydrogen-bond donors (Lipinski definition) is 2. The molecule has 1 aliphatic rings. The van der Waals surface area contributed by atoms with Crippen molar-refractivity contribution in [3.05, 3.63) is 58.3 Å². The highest BCUT2D eigenvalue weighted by Crippen LogP contribution is 2.23. The summed E-state index contributed by atoms with van der Waals surface area (Å²) in [7, 11) is 0. The van der Waals surface area contributed by atoms with E-state index < -0.39 is 5.54 Å². The summed E-state index contributed by atoms with van der Waals surface area (Å²) in [5, 5.41) is 6.78. The van der Waals surface area contributed by atoms with Crippen LogP contribution in [0.15, 0.2) is 47.2 Å². The van der Waals surface area contributed by atoms with E-state index in [-0.39, 0.29) is 17.9 Å². The van der Waals surface area contributed by atoms with Crippen LogP contribution in [0.4, 0.5) is 0 Å². The van der Waals surface area contributed by atoms with Crippen LogP contribution in [0.5, 0.6) is 0 Å². The number of carbonyl (C=O) groups excluding carboxylic acids is 2. The topological polar surface area (TPSA) is 75.4 Å². The largest absolute Gasteiger partial charge is 0.349 e. The summed E-state index contributed by atoms with van der Waals surface area (Å²) in [5.74, 6) is -0.111. The first-order valence-corrected chi connectivity index (χ1v) is 9.39. The van der Waals surface area contributed by atoms with Gasteiger partial charge in [0.25, 0.3) is 5.91 Å². The van der Waals surface area contributed by atoms with Crippen molar-refractivity contribution in [1.82, 2.24) is 10.2 Å². The fraction of sp³-hybridized carbons (Fsp3) is 0.368. The number of hydrogen-bond acceptors (Lipinski definition) is 4. The first kappa shape index (κ1) is 17.6.